The Hall–Kier alpha value is -1.58. The lowest BCUT2D eigenvalue weighted by molar-refractivity contribution is 0.274. The van der Waals surface area contributed by atoms with E-state index in [9.17, 15) is 5.11 Å². The number of pyridine rings is 1. The van der Waals surface area contributed by atoms with Crippen molar-refractivity contribution in [2.75, 3.05) is 0 Å². The molecular weight excluding hydrogens is 274 g/mol. The van der Waals surface area contributed by atoms with Gasteiger partial charge >= 0.3 is 0 Å². The molecule has 1 aromatic heterocycles. The molecular formula is C16H18ClNO2. The van der Waals surface area contributed by atoms with Gasteiger partial charge in [-0.05, 0) is 55.7 Å². The van der Waals surface area contributed by atoms with Crippen LogP contribution in [-0.4, -0.2) is 10.1 Å². The minimum atomic E-state index is -0.0946. The first kappa shape index (κ1) is 14.8. The molecule has 2 rings (SSSR count). The van der Waals surface area contributed by atoms with Crippen LogP contribution in [-0.2, 0) is 13.0 Å². The van der Waals surface area contributed by atoms with Gasteiger partial charge in [0.2, 0.25) is 5.88 Å². The van der Waals surface area contributed by atoms with Crippen LogP contribution < -0.4 is 4.74 Å². The number of nitrogens with zero attached hydrogens (tertiary/aromatic N) is 1. The smallest absolute Gasteiger partial charge is 0.225 e. The van der Waals surface area contributed by atoms with E-state index in [2.05, 4.69) is 4.98 Å². The maximum atomic E-state index is 9.47. The van der Waals surface area contributed by atoms with Crippen LogP contribution in [0.3, 0.4) is 0 Å². The van der Waals surface area contributed by atoms with Gasteiger partial charge in [-0.25, -0.2) is 4.98 Å². The van der Waals surface area contributed by atoms with E-state index in [4.69, 9.17) is 16.3 Å². The summed E-state index contributed by atoms with van der Waals surface area (Å²) in [5, 5.41) is 10.2. The number of hydrogen-bond donors (Lipinski definition) is 1. The Labute approximate surface area is 124 Å². The van der Waals surface area contributed by atoms with Crippen molar-refractivity contribution in [3.05, 3.63) is 51.7 Å². The molecule has 3 nitrogen and oxygen atoms in total. The quantitative estimate of drug-likeness (QED) is 0.918. The number of benzene rings is 1. The molecule has 0 atom stereocenters. The van der Waals surface area contributed by atoms with Gasteiger partial charge in [0.15, 0.2) is 0 Å². The summed E-state index contributed by atoms with van der Waals surface area (Å²) >= 11 is 6.10. The second kappa shape index (κ2) is 6.25. The Morgan fingerprint density at radius 1 is 1.25 bits per heavy atom. The Balaban J connectivity index is 2.39. The van der Waals surface area contributed by atoms with E-state index in [-0.39, 0.29) is 6.61 Å². The molecule has 4 heteroatoms. The monoisotopic (exact) mass is 291 g/mol. The first-order chi connectivity index (χ1) is 9.55. The third-order valence-electron chi connectivity index (χ3n) is 3.21. The van der Waals surface area contributed by atoms with Crippen LogP contribution in [0.25, 0.3) is 0 Å². The van der Waals surface area contributed by atoms with Crippen LogP contribution in [0.5, 0.6) is 11.6 Å². The third-order valence-corrected chi connectivity index (χ3v) is 3.58. The highest BCUT2D eigenvalue weighted by molar-refractivity contribution is 6.31. The first-order valence-electron chi connectivity index (χ1n) is 6.59. The second-order valence-corrected chi connectivity index (χ2v) is 5.14. The molecule has 0 amide bonds. The highest BCUT2D eigenvalue weighted by atomic mass is 35.5. The Morgan fingerprint density at radius 2 is 2.00 bits per heavy atom. The molecule has 0 spiro atoms. The van der Waals surface area contributed by atoms with Gasteiger partial charge in [0.25, 0.3) is 0 Å². The van der Waals surface area contributed by atoms with Crippen molar-refractivity contribution in [2.24, 2.45) is 0 Å². The zero-order valence-corrected chi connectivity index (χ0v) is 12.7. The van der Waals surface area contributed by atoms with Crippen molar-refractivity contribution in [1.82, 2.24) is 4.98 Å². The van der Waals surface area contributed by atoms with Gasteiger partial charge in [-0.3, -0.25) is 0 Å². The van der Waals surface area contributed by atoms with Crippen LogP contribution >= 0.6 is 11.6 Å². The van der Waals surface area contributed by atoms with Gasteiger partial charge in [0.05, 0.1) is 6.61 Å². The molecule has 2 aromatic rings. The molecule has 0 radical (unpaired) electrons. The fourth-order valence-electron chi connectivity index (χ4n) is 2.10. The molecule has 0 fully saturated rings. The lowest BCUT2D eigenvalue weighted by atomic mass is 10.1. The fraction of sp³-hybridized carbons (Fsp3) is 0.312. The summed E-state index contributed by atoms with van der Waals surface area (Å²) in [5.74, 6) is 1.13. The molecule has 0 aliphatic carbocycles. The van der Waals surface area contributed by atoms with Crippen LogP contribution in [0.4, 0.5) is 0 Å². The average Bonchev–Trinajstić information content (AvgIpc) is 2.40. The lowest BCUT2D eigenvalue weighted by Gasteiger charge is -2.13. The zero-order valence-electron chi connectivity index (χ0n) is 11.9. The SMILES string of the molecule is CCc1cc(Oc2nc(C)cc(C)c2CO)ccc1Cl. The number of aliphatic hydroxyl groups is 1. The summed E-state index contributed by atoms with van der Waals surface area (Å²) in [6.45, 7) is 5.79. The molecule has 0 unspecified atom stereocenters. The van der Waals surface area contributed by atoms with Gasteiger partial charge in [0, 0.05) is 16.3 Å². The van der Waals surface area contributed by atoms with Crippen molar-refractivity contribution in [3.8, 4) is 11.6 Å². The van der Waals surface area contributed by atoms with Crippen LogP contribution in [0, 0.1) is 13.8 Å². The van der Waals surface area contributed by atoms with E-state index >= 15 is 0 Å². The van der Waals surface area contributed by atoms with E-state index in [1.807, 2.05) is 45.0 Å². The van der Waals surface area contributed by atoms with Crippen molar-refractivity contribution in [1.29, 1.82) is 0 Å². The Bertz CT molecular complexity index is 626. The van der Waals surface area contributed by atoms with Crippen LogP contribution in [0.1, 0.15) is 29.3 Å². The number of aliphatic hydroxyl groups excluding tert-OH is 1. The molecule has 0 aliphatic rings. The molecule has 0 aliphatic heterocycles. The summed E-state index contributed by atoms with van der Waals surface area (Å²) in [4.78, 5) is 4.36. The Kier molecular flexibility index (Phi) is 4.63. The summed E-state index contributed by atoms with van der Waals surface area (Å²) < 4.78 is 5.83. The van der Waals surface area contributed by atoms with Crippen molar-refractivity contribution >= 4 is 11.6 Å². The van der Waals surface area contributed by atoms with Crippen LogP contribution in [0.15, 0.2) is 24.3 Å². The largest absolute Gasteiger partial charge is 0.439 e. The summed E-state index contributed by atoms with van der Waals surface area (Å²) in [6.07, 6.45) is 0.836. The third kappa shape index (κ3) is 3.11. The standard InChI is InChI=1S/C16H18ClNO2/c1-4-12-8-13(5-6-15(12)17)20-16-14(9-19)10(2)7-11(3)18-16/h5-8,19H,4,9H2,1-3H3. The molecule has 106 valence electrons. The number of ether oxygens (including phenoxy) is 1. The van der Waals surface area contributed by atoms with Crippen LogP contribution in [0.2, 0.25) is 5.02 Å². The van der Waals surface area contributed by atoms with Crippen molar-refractivity contribution in [3.63, 3.8) is 0 Å². The minimum Gasteiger partial charge on any atom is -0.439 e. The molecule has 1 aromatic carbocycles. The van der Waals surface area contributed by atoms with Gasteiger partial charge in [0.1, 0.15) is 5.75 Å². The number of aryl methyl sites for hydroxylation is 3. The highest BCUT2D eigenvalue weighted by Gasteiger charge is 2.11. The predicted octanol–water partition coefficient (Wildman–Crippen LogP) is 4.20. The second-order valence-electron chi connectivity index (χ2n) is 4.73. The summed E-state index contributed by atoms with van der Waals surface area (Å²) in [5.41, 5.74) is 3.57. The number of hydrogen-bond acceptors (Lipinski definition) is 3. The van der Waals surface area contributed by atoms with E-state index in [0.29, 0.717) is 17.2 Å². The zero-order chi connectivity index (χ0) is 14.7. The molecule has 1 N–H and O–H groups in total. The topological polar surface area (TPSA) is 42.4 Å². The predicted molar refractivity (Wildman–Crippen MR) is 80.5 cm³/mol. The van der Waals surface area contributed by atoms with Gasteiger partial charge in [-0.2, -0.15) is 0 Å². The normalized spacial score (nSPS) is 10.7. The first-order valence-corrected chi connectivity index (χ1v) is 6.97. The van der Waals surface area contributed by atoms with E-state index in [0.717, 1.165) is 28.3 Å². The number of rotatable bonds is 4. The van der Waals surface area contributed by atoms with Gasteiger partial charge < -0.3 is 9.84 Å². The van der Waals surface area contributed by atoms with Crippen molar-refractivity contribution in [2.45, 2.75) is 33.8 Å². The average molecular weight is 292 g/mol. The number of halogens is 1. The molecule has 0 saturated heterocycles. The Morgan fingerprint density at radius 3 is 2.65 bits per heavy atom. The van der Waals surface area contributed by atoms with Crippen molar-refractivity contribution < 1.29 is 9.84 Å². The number of aromatic nitrogens is 1. The summed E-state index contributed by atoms with van der Waals surface area (Å²) in [7, 11) is 0. The van der Waals surface area contributed by atoms with Gasteiger partial charge in [-0.15, -0.1) is 0 Å². The molecule has 0 bridgehead atoms. The summed E-state index contributed by atoms with van der Waals surface area (Å²) in [6, 6.07) is 7.46. The van der Waals surface area contributed by atoms with E-state index in [1.165, 1.54) is 0 Å². The highest BCUT2D eigenvalue weighted by Crippen LogP contribution is 2.29. The molecule has 20 heavy (non-hydrogen) atoms. The molecule has 1 heterocycles. The molecule has 0 saturated carbocycles. The maximum absolute atomic E-state index is 9.47. The van der Waals surface area contributed by atoms with E-state index in [1.54, 1.807) is 0 Å². The fourth-order valence-corrected chi connectivity index (χ4v) is 2.35. The maximum Gasteiger partial charge on any atom is 0.225 e. The lowest BCUT2D eigenvalue weighted by Crippen LogP contribution is -2.00. The van der Waals surface area contributed by atoms with Gasteiger partial charge in [-0.1, -0.05) is 18.5 Å². The van der Waals surface area contributed by atoms with E-state index < -0.39 is 0 Å². The minimum absolute atomic E-state index is 0.0946.